The molecule has 0 spiro atoms. The molecular weight excluding hydrogens is 216 g/mol. The molecule has 0 amide bonds. The van der Waals surface area contributed by atoms with Crippen molar-refractivity contribution < 1.29 is 4.52 Å². The third-order valence-electron chi connectivity index (χ3n) is 3.38. The number of piperidine rings is 1. The van der Waals surface area contributed by atoms with Crippen molar-refractivity contribution in [2.24, 2.45) is 0 Å². The predicted molar refractivity (Wildman–Crippen MR) is 65.6 cm³/mol. The molecule has 2 heterocycles. The van der Waals surface area contributed by atoms with Crippen molar-refractivity contribution >= 4 is 0 Å². The lowest BCUT2D eigenvalue weighted by Gasteiger charge is -2.34. The standard InChI is InChI=1S/C12H22N4O/c1-9(2)16-6-4-11(5-7-16)13-8-12-14-10(3)17-15-12/h9,11,13H,4-8H2,1-3H3. The molecule has 1 aliphatic rings. The van der Waals surface area contributed by atoms with Crippen molar-refractivity contribution in [2.45, 2.75) is 52.2 Å². The number of aromatic nitrogens is 2. The first kappa shape index (κ1) is 12.5. The molecule has 96 valence electrons. The van der Waals surface area contributed by atoms with Gasteiger partial charge in [0.2, 0.25) is 5.89 Å². The monoisotopic (exact) mass is 238 g/mol. The Morgan fingerprint density at radius 1 is 1.41 bits per heavy atom. The maximum absolute atomic E-state index is 4.94. The van der Waals surface area contributed by atoms with Crippen LogP contribution in [0, 0.1) is 6.92 Å². The van der Waals surface area contributed by atoms with Gasteiger partial charge in [-0.3, -0.25) is 0 Å². The van der Waals surface area contributed by atoms with Crippen LogP contribution in [0.2, 0.25) is 0 Å². The smallest absolute Gasteiger partial charge is 0.223 e. The van der Waals surface area contributed by atoms with Gasteiger partial charge in [0.05, 0.1) is 6.54 Å². The lowest BCUT2D eigenvalue weighted by Crippen LogP contribution is -2.44. The Bertz CT molecular complexity index is 342. The summed E-state index contributed by atoms with van der Waals surface area (Å²) < 4.78 is 4.94. The molecule has 2 rings (SSSR count). The van der Waals surface area contributed by atoms with Crippen LogP contribution in [0.4, 0.5) is 0 Å². The number of nitrogens with zero attached hydrogens (tertiary/aromatic N) is 3. The fourth-order valence-electron chi connectivity index (χ4n) is 2.27. The Morgan fingerprint density at radius 2 is 2.12 bits per heavy atom. The normalized spacial score (nSPS) is 19.1. The van der Waals surface area contributed by atoms with Gasteiger partial charge in [0.1, 0.15) is 0 Å². The SMILES string of the molecule is Cc1nc(CNC2CCN(C(C)C)CC2)no1. The Labute approximate surface area is 103 Å². The number of hydrogen-bond acceptors (Lipinski definition) is 5. The van der Waals surface area contributed by atoms with Gasteiger partial charge in [0, 0.05) is 19.0 Å². The van der Waals surface area contributed by atoms with Gasteiger partial charge in [-0.2, -0.15) is 4.98 Å². The van der Waals surface area contributed by atoms with Gasteiger partial charge in [-0.1, -0.05) is 5.16 Å². The van der Waals surface area contributed by atoms with Gasteiger partial charge in [0.25, 0.3) is 0 Å². The molecule has 5 nitrogen and oxygen atoms in total. The van der Waals surface area contributed by atoms with Crippen molar-refractivity contribution in [1.82, 2.24) is 20.4 Å². The highest BCUT2D eigenvalue weighted by Crippen LogP contribution is 2.13. The molecule has 0 saturated carbocycles. The van der Waals surface area contributed by atoms with Gasteiger partial charge in [-0.05, 0) is 39.8 Å². The second kappa shape index (κ2) is 5.60. The van der Waals surface area contributed by atoms with Gasteiger partial charge in [-0.25, -0.2) is 0 Å². The fourth-order valence-corrected chi connectivity index (χ4v) is 2.27. The predicted octanol–water partition coefficient (Wildman–Crippen LogP) is 1.34. The molecule has 1 aromatic rings. The summed E-state index contributed by atoms with van der Waals surface area (Å²) in [6.45, 7) is 9.41. The van der Waals surface area contributed by atoms with Gasteiger partial charge >= 0.3 is 0 Å². The first-order valence-corrected chi connectivity index (χ1v) is 6.42. The highest BCUT2D eigenvalue weighted by molar-refractivity contribution is 4.86. The van der Waals surface area contributed by atoms with Crippen LogP contribution in [0.5, 0.6) is 0 Å². The van der Waals surface area contributed by atoms with Gasteiger partial charge in [0.15, 0.2) is 5.82 Å². The molecule has 1 N–H and O–H groups in total. The Hall–Kier alpha value is -0.940. The van der Waals surface area contributed by atoms with E-state index in [1.165, 1.54) is 25.9 Å². The minimum atomic E-state index is 0.587. The topological polar surface area (TPSA) is 54.2 Å². The van der Waals surface area contributed by atoms with Crippen molar-refractivity contribution in [3.63, 3.8) is 0 Å². The summed E-state index contributed by atoms with van der Waals surface area (Å²) >= 11 is 0. The average molecular weight is 238 g/mol. The fraction of sp³-hybridized carbons (Fsp3) is 0.833. The number of aryl methyl sites for hydroxylation is 1. The Morgan fingerprint density at radius 3 is 2.65 bits per heavy atom. The molecule has 1 aromatic heterocycles. The Balaban J connectivity index is 1.71. The second-order valence-electron chi connectivity index (χ2n) is 5.01. The molecule has 17 heavy (non-hydrogen) atoms. The molecule has 0 unspecified atom stereocenters. The van der Waals surface area contributed by atoms with Crippen LogP contribution < -0.4 is 5.32 Å². The van der Waals surface area contributed by atoms with E-state index in [4.69, 9.17) is 4.52 Å². The summed E-state index contributed by atoms with van der Waals surface area (Å²) in [4.78, 5) is 6.71. The molecule has 5 heteroatoms. The summed E-state index contributed by atoms with van der Waals surface area (Å²) in [5, 5.41) is 7.38. The minimum Gasteiger partial charge on any atom is -0.340 e. The quantitative estimate of drug-likeness (QED) is 0.858. The van der Waals surface area contributed by atoms with Crippen molar-refractivity contribution in [1.29, 1.82) is 0 Å². The van der Waals surface area contributed by atoms with Crippen molar-refractivity contribution in [3.8, 4) is 0 Å². The zero-order valence-corrected chi connectivity index (χ0v) is 10.9. The highest BCUT2D eigenvalue weighted by Gasteiger charge is 2.20. The van der Waals surface area contributed by atoms with Crippen LogP contribution in [0.3, 0.4) is 0 Å². The molecule has 0 bridgehead atoms. The first-order chi connectivity index (χ1) is 8.15. The van der Waals surface area contributed by atoms with Crippen LogP contribution in [-0.2, 0) is 6.54 Å². The van der Waals surface area contributed by atoms with Crippen LogP contribution in [-0.4, -0.2) is 40.2 Å². The average Bonchev–Trinajstić information content (AvgIpc) is 2.73. The summed E-state index contributed by atoms with van der Waals surface area (Å²) in [5.74, 6) is 1.39. The molecule has 0 aromatic carbocycles. The maximum atomic E-state index is 4.94. The van der Waals surface area contributed by atoms with Gasteiger partial charge < -0.3 is 14.7 Å². The largest absolute Gasteiger partial charge is 0.340 e. The number of nitrogens with one attached hydrogen (secondary N) is 1. The molecule has 0 radical (unpaired) electrons. The van der Waals surface area contributed by atoms with E-state index in [1.807, 2.05) is 6.92 Å². The third-order valence-corrected chi connectivity index (χ3v) is 3.38. The highest BCUT2D eigenvalue weighted by atomic mass is 16.5. The van der Waals surface area contributed by atoms with E-state index >= 15 is 0 Å². The lowest BCUT2D eigenvalue weighted by molar-refractivity contribution is 0.160. The zero-order valence-electron chi connectivity index (χ0n) is 10.9. The van der Waals surface area contributed by atoms with E-state index in [0.717, 1.165) is 5.82 Å². The molecule has 1 aliphatic heterocycles. The van der Waals surface area contributed by atoms with Crippen LogP contribution in [0.1, 0.15) is 38.4 Å². The van der Waals surface area contributed by atoms with Crippen LogP contribution in [0.25, 0.3) is 0 Å². The Kier molecular flexibility index (Phi) is 4.12. The number of rotatable bonds is 4. The first-order valence-electron chi connectivity index (χ1n) is 6.42. The molecular formula is C12H22N4O. The minimum absolute atomic E-state index is 0.587. The summed E-state index contributed by atoms with van der Waals surface area (Å²) in [6, 6.07) is 1.25. The van der Waals surface area contributed by atoms with E-state index in [0.29, 0.717) is 24.5 Å². The zero-order chi connectivity index (χ0) is 12.3. The van der Waals surface area contributed by atoms with Crippen molar-refractivity contribution in [2.75, 3.05) is 13.1 Å². The van der Waals surface area contributed by atoms with E-state index < -0.39 is 0 Å². The third kappa shape index (κ3) is 3.51. The molecule has 1 saturated heterocycles. The van der Waals surface area contributed by atoms with E-state index in [-0.39, 0.29) is 0 Å². The molecule has 0 atom stereocenters. The summed E-state index contributed by atoms with van der Waals surface area (Å²) in [5.41, 5.74) is 0. The van der Waals surface area contributed by atoms with Crippen LogP contribution >= 0.6 is 0 Å². The number of hydrogen-bond donors (Lipinski definition) is 1. The lowest BCUT2D eigenvalue weighted by atomic mass is 10.0. The van der Waals surface area contributed by atoms with Crippen molar-refractivity contribution in [3.05, 3.63) is 11.7 Å². The van der Waals surface area contributed by atoms with E-state index in [9.17, 15) is 0 Å². The van der Waals surface area contributed by atoms with Crippen LogP contribution in [0.15, 0.2) is 4.52 Å². The van der Waals surface area contributed by atoms with E-state index in [2.05, 4.69) is 34.2 Å². The summed E-state index contributed by atoms with van der Waals surface area (Å²) in [7, 11) is 0. The second-order valence-corrected chi connectivity index (χ2v) is 5.01. The molecule has 0 aliphatic carbocycles. The molecule has 1 fully saturated rings. The number of likely N-dealkylation sites (tertiary alicyclic amines) is 1. The maximum Gasteiger partial charge on any atom is 0.223 e. The summed E-state index contributed by atoms with van der Waals surface area (Å²) in [6.07, 6.45) is 2.41. The van der Waals surface area contributed by atoms with Gasteiger partial charge in [-0.15, -0.1) is 0 Å². The van der Waals surface area contributed by atoms with E-state index in [1.54, 1.807) is 0 Å².